The molecule has 0 bridgehead atoms. The molecule has 22 heavy (non-hydrogen) atoms. The molecule has 1 aromatic carbocycles. The fourth-order valence-electron chi connectivity index (χ4n) is 3.17. The van der Waals surface area contributed by atoms with Crippen LogP contribution in [0.2, 0.25) is 0 Å². The maximum Gasteiger partial charge on any atom is 0.217 e. The van der Waals surface area contributed by atoms with Gasteiger partial charge >= 0.3 is 0 Å². The molecular formula is C18H21NO2S. The lowest BCUT2D eigenvalue weighted by atomic mass is 9.81. The van der Waals surface area contributed by atoms with E-state index in [1.165, 1.54) is 16.0 Å². The van der Waals surface area contributed by atoms with Crippen molar-refractivity contribution in [2.24, 2.45) is 0 Å². The van der Waals surface area contributed by atoms with Crippen LogP contribution in [0.1, 0.15) is 30.4 Å². The van der Waals surface area contributed by atoms with Crippen LogP contribution in [0.3, 0.4) is 0 Å². The summed E-state index contributed by atoms with van der Waals surface area (Å²) in [6, 6.07) is 6.77. The van der Waals surface area contributed by atoms with Crippen molar-refractivity contribution in [3.05, 3.63) is 53.8 Å². The Morgan fingerprint density at radius 3 is 3.18 bits per heavy atom. The van der Waals surface area contributed by atoms with Crippen LogP contribution in [-0.2, 0) is 16.0 Å². The summed E-state index contributed by atoms with van der Waals surface area (Å²) in [5, 5.41) is 2.98. The van der Waals surface area contributed by atoms with Crippen LogP contribution in [0.25, 0.3) is 0 Å². The Hall–Kier alpha value is -1.68. The maximum atomic E-state index is 11.3. The number of hydrogen-bond acceptors (Lipinski definition) is 3. The fraction of sp³-hybridized carbons (Fsp3) is 0.389. The van der Waals surface area contributed by atoms with Crippen LogP contribution >= 0.6 is 11.8 Å². The molecule has 1 aliphatic carbocycles. The van der Waals surface area contributed by atoms with Gasteiger partial charge in [-0.1, -0.05) is 12.1 Å². The van der Waals surface area contributed by atoms with Crippen molar-refractivity contribution in [1.82, 2.24) is 5.32 Å². The molecule has 116 valence electrons. The van der Waals surface area contributed by atoms with Crippen LogP contribution in [-0.4, -0.2) is 24.3 Å². The van der Waals surface area contributed by atoms with Crippen molar-refractivity contribution in [2.75, 3.05) is 12.4 Å². The summed E-state index contributed by atoms with van der Waals surface area (Å²) in [6.07, 6.45) is 5.95. The van der Waals surface area contributed by atoms with Crippen LogP contribution in [0.4, 0.5) is 0 Å². The highest BCUT2D eigenvalue weighted by Gasteiger charge is 2.32. The summed E-state index contributed by atoms with van der Waals surface area (Å²) in [6.45, 7) is 5.91. The maximum absolute atomic E-state index is 11.3. The zero-order chi connectivity index (χ0) is 15.5. The minimum absolute atomic E-state index is 0.00681. The minimum Gasteiger partial charge on any atom is -0.495 e. The lowest BCUT2D eigenvalue weighted by Crippen LogP contribution is -2.41. The van der Waals surface area contributed by atoms with Gasteiger partial charge in [0, 0.05) is 23.5 Å². The Morgan fingerprint density at radius 1 is 1.55 bits per heavy atom. The highest BCUT2D eigenvalue weighted by molar-refractivity contribution is 7.99. The highest BCUT2D eigenvalue weighted by atomic mass is 32.2. The molecule has 0 saturated carbocycles. The van der Waals surface area contributed by atoms with Crippen molar-refractivity contribution in [1.29, 1.82) is 0 Å². The SMILES string of the molecule is C=CCSc1ccc2c(c1)C1CC(NC(C)=O)COC1=CC2. The summed E-state index contributed by atoms with van der Waals surface area (Å²) >= 11 is 1.80. The molecule has 1 saturated heterocycles. The first-order chi connectivity index (χ1) is 10.7. The van der Waals surface area contributed by atoms with Crippen LogP contribution in [0.15, 0.2) is 47.6 Å². The van der Waals surface area contributed by atoms with E-state index in [1.807, 2.05) is 6.08 Å². The van der Waals surface area contributed by atoms with Gasteiger partial charge in [-0.25, -0.2) is 0 Å². The molecule has 3 nitrogen and oxygen atoms in total. The van der Waals surface area contributed by atoms with Crippen molar-refractivity contribution in [2.45, 2.75) is 36.6 Å². The summed E-state index contributed by atoms with van der Waals surface area (Å²) < 4.78 is 5.90. The Labute approximate surface area is 135 Å². The molecule has 1 aliphatic heterocycles. The first-order valence-electron chi connectivity index (χ1n) is 7.64. The zero-order valence-electron chi connectivity index (χ0n) is 12.8. The Bertz CT molecular complexity index is 624. The molecule has 1 N–H and O–H groups in total. The number of benzene rings is 1. The van der Waals surface area contributed by atoms with E-state index < -0.39 is 0 Å². The number of amides is 1. The van der Waals surface area contributed by atoms with E-state index in [1.54, 1.807) is 18.7 Å². The number of thioether (sulfide) groups is 1. The Kier molecular flexibility index (Phi) is 4.57. The number of allylic oxidation sites excluding steroid dienone is 2. The van der Waals surface area contributed by atoms with Gasteiger partial charge < -0.3 is 10.1 Å². The predicted octanol–water partition coefficient (Wildman–Crippen LogP) is 3.41. The normalized spacial score (nSPS) is 22.7. The number of hydrogen-bond donors (Lipinski definition) is 1. The fourth-order valence-corrected chi connectivity index (χ4v) is 3.86. The number of nitrogens with one attached hydrogen (secondary N) is 1. The molecule has 2 atom stereocenters. The van der Waals surface area contributed by atoms with Gasteiger partial charge in [0.1, 0.15) is 6.61 Å². The second-order valence-corrected chi connectivity index (χ2v) is 6.86. The molecule has 2 unspecified atom stereocenters. The third-order valence-electron chi connectivity index (χ3n) is 4.11. The van der Waals surface area contributed by atoms with E-state index in [0.29, 0.717) is 6.61 Å². The van der Waals surface area contributed by atoms with Gasteiger partial charge in [0.2, 0.25) is 5.91 Å². The van der Waals surface area contributed by atoms with Gasteiger partial charge in [-0.05, 0) is 42.2 Å². The second kappa shape index (κ2) is 6.61. The predicted molar refractivity (Wildman–Crippen MR) is 90.1 cm³/mol. The summed E-state index contributed by atoms with van der Waals surface area (Å²) in [4.78, 5) is 12.6. The van der Waals surface area contributed by atoms with E-state index in [0.717, 1.165) is 24.4 Å². The van der Waals surface area contributed by atoms with Crippen LogP contribution < -0.4 is 5.32 Å². The monoisotopic (exact) mass is 315 g/mol. The molecule has 2 aliphatic rings. The Morgan fingerprint density at radius 2 is 2.41 bits per heavy atom. The molecule has 1 aromatic rings. The molecule has 0 spiro atoms. The molecule has 3 rings (SSSR count). The number of carbonyl (C=O) groups excluding carboxylic acids is 1. The largest absolute Gasteiger partial charge is 0.495 e. The van der Waals surface area contributed by atoms with Gasteiger partial charge in [0.15, 0.2) is 0 Å². The number of ether oxygens (including phenoxy) is 1. The summed E-state index contributed by atoms with van der Waals surface area (Å²) in [5.41, 5.74) is 2.71. The highest BCUT2D eigenvalue weighted by Crippen LogP contribution is 2.40. The van der Waals surface area contributed by atoms with Crippen LogP contribution in [0.5, 0.6) is 0 Å². The van der Waals surface area contributed by atoms with Gasteiger partial charge in [-0.3, -0.25) is 4.79 Å². The average molecular weight is 315 g/mol. The third-order valence-corrected chi connectivity index (χ3v) is 5.10. The molecule has 1 fully saturated rings. The van der Waals surface area contributed by atoms with Gasteiger partial charge in [0.05, 0.1) is 11.8 Å². The lowest BCUT2D eigenvalue weighted by molar-refractivity contribution is -0.120. The van der Waals surface area contributed by atoms with Crippen molar-refractivity contribution in [3.63, 3.8) is 0 Å². The minimum atomic E-state index is 0.00681. The van der Waals surface area contributed by atoms with E-state index in [-0.39, 0.29) is 17.9 Å². The van der Waals surface area contributed by atoms with Gasteiger partial charge in [-0.2, -0.15) is 0 Å². The Balaban J connectivity index is 1.83. The molecular weight excluding hydrogens is 294 g/mol. The first kappa shape index (κ1) is 15.2. The number of rotatable bonds is 4. The quantitative estimate of drug-likeness (QED) is 0.683. The zero-order valence-corrected chi connectivity index (χ0v) is 13.6. The van der Waals surface area contributed by atoms with E-state index in [2.05, 4.69) is 36.2 Å². The van der Waals surface area contributed by atoms with Crippen molar-refractivity contribution < 1.29 is 9.53 Å². The number of carbonyl (C=O) groups is 1. The van der Waals surface area contributed by atoms with Crippen molar-refractivity contribution in [3.8, 4) is 0 Å². The molecule has 1 amide bonds. The van der Waals surface area contributed by atoms with Gasteiger partial charge in [0.25, 0.3) is 0 Å². The molecule has 1 heterocycles. The van der Waals surface area contributed by atoms with Gasteiger partial charge in [-0.15, -0.1) is 18.3 Å². The van der Waals surface area contributed by atoms with E-state index in [9.17, 15) is 4.79 Å². The van der Waals surface area contributed by atoms with Crippen molar-refractivity contribution >= 4 is 17.7 Å². The molecule has 0 aromatic heterocycles. The number of fused-ring (bicyclic) bond motifs is 3. The van der Waals surface area contributed by atoms with E-state index in [4.69, 9.17) is 4.74 Å². The topological polar surface area (TPSA) is 38.3 Å². The molecule has 0 radical (unpaired) electrons. The van der Waals surface area contributed by atoms with Crippen LogP contribution in [0, 0.1) is 0 Å². The molecule has 4 heteroatoms. The average Bonchev–Trinajstić information content (AvgIpc) is 2.52. The smallest absolute Gasteiger partial charge is 0.217 e. The lowest BCUT2D eigenvalue weighted by Gasteiger charge is -2.35. The first-order valence-corrected chi connectivity index (χ1v) is 8.62. The standard InChI is InChI=1S/C18H21NO2S/c1-3-8-22-15-6-4-13-5-7-18-17(16(13)10-15)9-14(11-21-18)19-12(2)20/h3-4,6-7,10,14,17H,1,5,8-9,11H2,2H3,(H,19,20). The second-order valence-electron chi connectivity index (χ2n) is 5.77. The van der Waals surface area contributed by atoms with E-state index >= 15 is 0 Å². The third kappa shape index (κ3) is 3.22. The summed E-state index contributed by atoms with van der Waals surface area (Å²) in [7, 11) is 0. The summed E-state index contributed by atoms with van der Waals surface area (Å²) in [5.74, 6) is 2.25.